The number of piperidine rings is 1. The fourth-order valence-corrected chi connectivity index (χ4v) is 3.07. The number of benzene rings is 1. The molecule has 0 saturated carbocycles. The van der Waals surface area contributed by atoms with Gasteiger partial charge in [0.2, 0.25) is 5.91 Å². The van der Waals surface area contributed by atoms with Crippen molar-refractivity contribution in [2.24, 2.45) is 0 Å². The third-order valence-corrected chi connectivity index (χ3v) is 4.53. The van der Waals surface area contributed by atoms with Crippen molar-refractivity contribution in [3.63, 3.8) is 0 Å². The number of hydrogen-bond donors (Lipinski definition) is 3. The molecule has 144 valence electrons. The molecule has 3 amide bonds. The van der Waals surface area contributed by atoms with E-state index in [-0.39, 0.29) is 17.5 Å². The number of carbonyl (C=O) groups is 2. The largest absolute Gasteiger partial charge is 0.388 e. The average molecular weight is 369 g/mol. The first-order valence-electron chi connectivity index (χ1n) is 8.58. The minimum Gasteiger partial charge on any atom is -0.388 e. The maximum atomic E-state index is 14.1. The van der Waals surface area contributed by atoms with Crippen molar-refractivity contribution >= 4 is 11.9 Å². The van der Waals surface area contributed by atoms with E-state index in [4.69, 9.17) is 0 Å². The predicted octanol–water partition coefficient (Wildman–Crippen LogP) is 2.09. The second-order valence-corrected chi connectivity index (χ2v) is 7.15. The van der Waals surface area contributed by atoms with E-state index >= 15 is 0 Å². The fourth-order valence-electron chi connectivity index (χ4n) is 3.07. The van der Waals surface area contributed by atoms with E-state index in [2.05, 4.69) is 10.6 Å². The summed E-state index contributed by atoms with van der Waals surface area (Å²) in [4.78, 5) is 25.4. The number of aliphatic hydroxyl groups is 1. The van der Waals surface area contributed by atoms with Gasteiger partial charge in [-0.05, 0) is 32.8 Å². The van der Waals surface area contributed by atoms with Gasteiger partial charge in [-0.2, -0.15) is 0 Å². The Morgan fingerprint density at radius 2 is 1.88 bits per heavy atom. The van der Waals surface area contributed by atoms with Gasteiger partial charge in [-0.25, -0.2) is 13.6 Å². The molecule has 0 radical (unpaired) electrons. The Morgan fingerprint density at radius 3 is 2.38 bits per heavy atom. The van der Waals surface area contributed by atoms with Crippen LogP contribution in [0.15, 0.2) is 18.2 Å². The molecule has 3 N–H and O–H groups in total. The monoisotopic (exact) mass is 369 g/mol. The summed E-state index contributed by atoms with van der Waals surface area (Å²) < 4.78 is 27.2. The molecular weight excluding hydrogens is 344 g/mol. The van der Waals surface area contributed by atoms with Crippen LogP contribution in [-0.2, 0) is 4.79 Å². The van der Waals surface area contributed by atoms with Crippen LogP contribution < -0.4 is 10.6 Å². The lowest BCUT2D eigenvalue weighted by Crippen LogP contribution is -2.52. The summed E-state index contributed by atoms with van der Waals surface area (Å²) in [6, 6.07) is 1.27. The lowest BCUT2D eigenvalue weighted by molar-refractivity contribution is -0.129. The van der Waals surface area contributed by atoms with Crippen molar-refractivity contribution in [1.29, 1.82) is 0 Å². The Bertz CT molecular complexity index is 668. The minimum atomic E-state index is -1.46. The molecule has 1 aromatic rings. The number of carbonyl (C=O) groups excluding carboxylic acids is 2. The predicted molar refractivity (Wildman–Crippen MR) is 92.3 cm³/mol. The highest BCUT2D eigenvalue weighted by atomic mass is 19.1. The number of halogens is 2. The zero-order chi connectivity index (χ0) is 19.5. The molecule has 0 spiro atoms. The molecule has 1 aromatic carbocycles. The fraction of sp³-hybridized carbons (Fsp3) is 0.556. The topological polar surface area (TPSA) is 81.7 Å². The molecule has 1 heterocycles. The van der Waals surface area contributed by atoms with Gasteiger partial charge in [0.1, 0.15) is 11.6 Å². The second-order valence-electron chi connectivity index (χ2n) is 7.15. The van der Waals surface area contributed by atoms with Gasteiger partial charge >= 0.3 is 6.03 Å². The first kappa shape index (κ1) is 20.1. The van der Waals surface area contributed by atoms with Gasteiger partial charge in [0.25, 0.3) is 0 Å². The second kappa shape index (κ2) is 7.99. The van der Waals surface area contributed by atoms with Gasteiger partial charge in [-0.1, -0.05) is 6.07 Å². The maximum absolute atomic E-state index is 14.1. The molecule has 1 saturated heterocycles. The summed E-state index contributed by atoms with van der Waals surface area (Å²) in [6.07, 6.45) is 1.23. The van der Waals surface area contributed by atoms with Crippen molar-refractivity contribution in [1.82, 2.24) is 15.5 Å². The molecule has 0 aromatic heterocycles. The number of likely N-dealkylation sites (tertiary alicyclic amines) is 1. The Hall–Kier alpha value is -2.22. The van der Waals surface area contributed by atoms with Gasteiger partial charge in [-0.15, -0.1) is 0 Å². The SMILES string of the molecule is CC(=O)N1CCC(NC(=O)NC(c2ccc(F)cc2F)C(C)(C)O)CC1. The number of rotatable bonds is 4. The van der Waals surface area contributed by atoms with Crippen molar-refractivity contribution in [3.05, 3.63) is 35.4 Å². The Morgan fingerprint density at radius 1 is 1.27 bits per heavy atom. The van der Waals surface area contributed by atoms with Crippen molar-refractivity contribution in [2.75, 3.05) is 13.1 Å². The van der Waals surface area contributed by atoms with Crippen LogP contribution >= 0.6 is 0 Å². The van der Waals surface area contributed by atoms with E-state index < -0.39 is 29.3 Å². The summed E-state index contributed by atoms with van der Waals surface area (Å²) in [5.41, 5.74) is -1.46. The molecule has 26 heavy (non-hydrogen) atoms. The van der Waals surface area contributed by atoms with Crippen LogP contribution in [0.1, 0.15) is 45.2 Å². The minimum absolute atomic E-state index is 0.000416. The van der Waals surface area contributed by atoms with E-state index in [0.29, 0.717) is 32.0 Å². The molecule has 1 unspecified atom stereocenters. The number of amides is 3. The van der Waals surface area contributed by atoms with Crippen molar-refractivity contribution in [2.45, 2.75) is 51.3 Å². The quantitative estimate of drug-likeness (QED) is 0.760. The van der Waals surface area contributed by atoms with Gasteiger partial charge in [0.05, 0.1) is 11.6 Å². The van der Waals surface area contributed by atoms with Crippen LogP contribution in [-0.4, -0.2) is 46.7 Å². The zero-order valence-corrected chi connectivity index (χ0v) is 15.2. The van der Waals surface area contributed by atoms with E-state index in [0.717, 1.165) is 6.07 Å². The zero-order valence-electron chi connectivity index (χ0n) is 15.2. The van der Waals surface area contributed by atoms with Crippen LogP contribution in [0.2, 0.25) is 0 Å². The highest BCUT2D eigenvalue weighted by Gasteiger charge is 2.33. The number of hydrogen-bond acceptors (Lipinski definition) is 3. The van der Waals surface area contributed by atoms with Gasteiger partial charge in [0, 0.05) is 37.7 Å². The highest BCUT2D eigenvalue weighted by molar-refractivity contribution is 5.75. The maximum Gasteiger partial charge on any atom is 0.315 e. The standard InChI is InChI=1S/C18H25F2N3O3/c1-11(24)23-8-6-13(7-9-23)21-17(25)22-16(18(2,3)26)14-5-4-12(19)10-15(14)20/h4-5,10,13,16,26H,6-9H2,1-3H3,(H2,21,22,25). The first-order chi connectivity index (χ1) is 12.1. The summed E-state index contributed by atoms with van der Waals surface area (Å²) in [7, 11) is 0. The van der Waals surface area contributed by atoms with E-state index in [9.17, 15) is 23.5 Å². The molecule has 8 heteroatoms. The van der Waals surface area contributed by atoms with Crippen molar-refractivity contribution in [3.8, 4) is 0 Å². The van der Waals surface area contributed by atoms with Crippen LogP contribution in [0, 0.1) is 11.6 Å². The molecule has 1 fully saturated rings. The molecular formula is C18H25F2N3O3. The molecule has 1 aliphatic rings. The smallest absolute Gasteiger partial charge is 0.315 e. The molecule has 6 nitrogen and oxygen atoms in total. The lowest BCUT2D eigenvalue weighted by atomic mass is 9.91. The van der Waals surface area contributed by atoms with Crippen LogP contribution in [0.3, 0.4) is 0 Å². The Labute approximate surface area is 151 Å². The highest BCUT2D eigenvalue weighted by Crippen LogP contribution is 2.28. The first-order valence-corrected chi connectivity index (χ1v) is 8.58. The Balaban J connectivity index is 2.03. The summed E-state index contributed by atoms with van der Waals surface area (Å²) >= 11 is 0. The van der Waals surface area contributed by atoms with Crippen LogP contribution in [0.5, 0.6) is 0 Å². The summed E-state index contributed by atoms with van der Waals surface area (Å²) in [6.45, 7) is 5.49. The van der Waals surface area contributed by atoms with Crippen LogP contribution in [0.4, 0.5) is 13.6 Å². The number of nitrogens with one attached hydrogen (secondary N) is 2. The van der Waals surface area contributed by atoms with E-state index in [1.165, 1.54) is 26.8 Å². The Kier molecular flexibility index (Phi) is 6.17. The lowest BCUT2D eigenvalue weighted by Gasteiger charge is -2.34. The molecule has 0 aliphatic carbocycles. The third kappa shape index (κ3) is 5.14. The average Bonchev–Trinajstić information content (AvgIpc) is 2.53. The summed E-state index contributed by atoms with van der Waals surface area (Å²) in [5, 5.41) is 15.7. The molecule has 1 atom stereocenters. The number of urea groups is 1. The molecule has 0 bridgehead atoms. The van der Waals surface area contributed by atoms with Gasteiger partial charge in [0.15, 0.2) is 0 Å². The third-order valence-electron chi connectivity index (χ3n) is 4.53. The van der Waals surface area contributed by atoms with E-state index in [1.807, 2.05) is 0 Å². The normalized spacial score (nSPS) is 16.9. The summed E-state index contributed by atoms with van der Waals surface area (Å²) in [5.74, 6) is -1.57. The van der Waals surface area contributed by atoms with E-state index in [1.54, 1.807) is 4.90 Å². The molecule has 1 aliphatic heterocycles. The number of nitrogens with zero attached hydrogens (tertiary/aromatic N) is 1. The van der Waals surface area contributed by atoms with Crippen molar-refractivity contribution < 1.29 is 23.5 Å². The van der Waals surface area contributed by atoms with Gasteiger partial charge in [-0.3, -0.25) is 4.79 Å². The van der Waals surface area contributed by atoms with Crippen LogP contribution in [0.25, 0.3) is 0 Å². The van der Waals surface area contributed by atoms with Gasteiger partial charge < -0.3 is 20.6 Å². The molecule has 2 rings (SSSR count).